The van der Waals surface area contributed by atoms with Crippen LogP contribution in [0.5, 0.6) is 11.5 Å². The second-order valence-corrected chi connectivity index (χ2v) is 7.13. The number of likely N-dealkylation sites (tertiary alicyclic amines) is 1. The topological polar surface area (TPSA) is 71.1 Å². The van der Waals surface area contributed by atoms with Crippen molar-refractivity contribution in [3.63, 3.8) is 0 Å². The van der Waals surface area contributed by atoms with Crippen LogP contribution in [0.2, 0.25) is 0 Å². The van der Waals surface area contributed by atoms with Crippen LogP contribution in [0.1, 0.15) is 12.0 Å². The Bertz CT molecular complexity index is 945. The van der Waals surface area contributed by atoms with Crippen molar-refractivity contribution in [3.8, 4) is 11.5 Å². The third-order valence-corrected chi connectivity index (χ3v) is 5.70. The Morgan fingerprint density at radius 1 is 1.14 bits per heavy atom. The molecule has 7 nitrogen and oxygen atoms in total. The van der Waals surface area contributed by atoms with Crippen LogP contribution in [-0.4, -0.2) is 51.2 Å². The molecule has 0 bridgehead atoms. The molecule has 2 heterocycles. The summed E-state index contributed by atoms with van der Waals surface area (Å²) >= 11 is 0. The number of carbonyl (C=O) groups is 2. The highest BCUT2D eigenvalue weighted by Crippen LogP contribution is 2.48. The second kappa shape index (κ2) is 6.74. The number of fused-ring (bicyclic) bond motifs is 2. The number of likely N-dealkylation sites (N-methyl/N-ethyl adjacent to an activating group) is 1. The third kappa shape index (κ3) is 2.66. The van der Waals surface area contributed by atoms with Crippen LogP contribution >= 0.6 is 0 Å². The Balaban J connectivity index is 1.60. The summed E-state index contributed by atoms with van der Waals surface area (Å²) in [5.74, 6) is 1.32. The summed E-state index contributed by atoms with van der Waals surface area (Å²) in [6, 6.07) is 12.7. The lowest BCUT2D eigenvalue weighted by Crippen LogP contribution is -2.43. The number of hydrogen-bond donors (Lipinski definition) is 1. The van der Waals surface area contributed by atoms with E-state index in [1.807, 2.05) is 30.3 Å². The van der Waals surface area contributed by atoms with Gasteiger partial charge in [0.2, 0.25) is 5.91 Å². The smallest absolute Gasteiger partial charge is 0.321 e. The second-order valence-electron chi connectivity index (χ2n) is 7.13. The number of para-hydroxylation sites is 2. The van der Waals surface area contributed by atoms with Gasteiger partial charge in [0.25, 0.3) is 0 Å². The van der Waals surface area contributed by atoms with E-state index in [9.17, 15) is 9.59 Å². The zero-order valence-corrected chi connectivity index (χ0v) is 16.2. The fraction of sp³-hybridized carbons (Fsp3) is 0.333. The monoisotopic (exact) mass is 381 g/mol. The predicted molar refractivity (Wildman–Crippen MR) is 106 cm³/mol. The van der Waals surface area contributed by atoms with E-state index >= 15 is 0 Å². The summed E-state index contributed by atoms with van der Waals surface area (Å²) < 4.78 is 10.7. The maximum absolute atomic E-state index is 13.1. The highest BCUT2D eigenvalue weighted by molar-refractivity contribution is 6.09. The molecule has 1 unspecified atom stereocenters. The van der Waals surface area contributed by atoms with E-state index in [0.29, 0.717) is 36.7 Å². The molecule has 1 N–H and O–H groups in total. The first kappa shape index (κ1) is 18.2. The molecule has 146 valence electrons. The van der Waals surface area contributed by atoms with Gasteiger partial charge in [0.05, 0.1) is 25.3 Å². The van der Waals surface area contributed by atoms with Gasteiger partial charge in [0, 0.05) is 25.8 Å². The fourth-order valence-corrected chi connectivity index (χ4v) is 4.18. The predicted octanol–water partition coefficient (Wildman–Crippen LogP) is 2.86. The molecule has 2 aliphatic heterocycles. The van der Waals surface area contributed by atoms with Crippen molar-refractivity contribution in [1.29, 1.82) is 0 Å². The third-order valence-electron chi connectivity index (χ3n) is 5.70. The Morgan fingerprint density at radius 3 is 2.68 bits per heavy atom. The van der Waals surface area contributed by atoms with Gasteiger partial charge in [-0.1, -0.05) is 12.1 Å². The zero-order chi connectivity index (χ0) is 19.9. The average Bonchev–Trinajstić information content (AvgIpc) is 3.26. The summed E-state index contributed by atoms with van der Waals surface area (Å²) in [4.78, 5) is 29.3. The van der Waals surface area contributed by atoms with E-state index in [-0.39, 0.29) is 11.9 Å². The van der Waals surface area contributed by atoms with Crippen molar-refractivity contribution >= 4 is 23.3 Å². The Labute approximate surface area is 163 Å². The molecule has 0 radical (unpaired) electrons. The molecular formula is C21H23N3O4. The van der Waals surface area contributed by atoms with Gasteiger partial charge >= 0.3 is 6.03 Å². The number of amides is 3. The van der Waals surface area contributed by atoms with Crippen LogP contribution in [-0.2, 0) is 10.2 Å². The number of anilines is 2. The molecule has 0 saturated carbocycles. The SMILES string of the molecule is COc1ccc2c(c1)C1(CCN(C(=O)Nc3ccccc3OC)C1)C(=O)N2C. The van der Waals surface area contributed by atoms with Gasteiger partial charge in [-0.2, -0.15) is 0 Å². The van der Waals surface area contributed by atoms with Crippen molar-refractivity contribution in [3.05, 3.63) is 48.0 Å². The van der Waals surface area contributed by atoms with Crippen LogP contribution in [0.15, 0.2) is 42.5 Å². The van der Waals surface area contributed by atoms with Crippen molar-refractivity contribution in [2.45, 2.75) is 11.8 Å². The minimum absolute atomic E-state index is 0.0170. The van der Waals surface area contributed by atoms with E-state index in [1.165, 1.54) is 0 Å². The van der Waals surface area contributed by atoms with E-state index in [2.05, 4.69) is 5.32 Å². The van der Waals surface area contributed by atoms with Crippen molar-refractivity contribution in [1.82, 2.24) is 4.90 Å². The molecule has 3 amide bonds. The zero-order valence-electron chi connectivity index (χ0n) is 16.2. The molecule has 1 spiro atoms. The Kier molecular flexibility index (Phi) is 4.37. The minimum Gasteiger partial charge on any atom is -0.497 e. The Hall–Kier alpha value is -3.22. The molecule has 1 atom stereocenters. The molecule has 28 heavy (non-hydrogen) atoms. The number of ether oxygens (including phenoxy) is 2. The molecule has 4 rings (SSSR count). The number of benzene rings is 2. The normalized spacial score (nSPS) is 20.5. The fourth-order valence-electron chi connectivity index (χ4n) is 4.18. The lowest BCUT2D eigenvalue weighted by atomic mass is 9.81. The van der Waals surface area contributed by atoms with Crippen LogP contribution in [0.4, 0.5) is 16.2 Å². The summed E-state index contributed by atoms with van der Waals surface area (Å²) in [5, 5.41) is 2.89. The van der Waals surface area contributed by atoms with Crippen molar-refractivity contribution < 1.29 is 19.1 Å². The van der Waals surface area contributed by atoms with E-state index in [4.69, 9.17) is 9.47 Å². The summed E-state index contributed by atoms with van der Waals surface area (Å²) in [7, 11) is 4.95. The number of methoxy groups -OCH3 is 2. The molecule has 0 aliphatic carbocycles. The first-order valence-electron chi connectivity index (χ1n) is 9.16. The standard InChI is InChI=1S/C21H23N3O4/c1-23-17-9-8-14(27-2)12-15(17)21(19(23)25)10-11-24(13-21)20(26)22-16-6-4-5-7-18(16)28-3/h4-9,12H,10-11,13H2,1-3H3,(H,22,26). The lowest BCUT2D eigenvalue weighted by Gasteiger charge is -2.24. The van der Waals surface area contributed by atoms with Gasteiger partial charge in [-0.25, -0.2) is 4.79 Å². The van der Waals surface area contributed by atoms with E-state index < -0.39 is 5.41 Å². The molecule has 0 aromatic heterocycles. The molecule has 1 fully saturated rings. The van der Waals surface area contributed by atoms with E-state index in [0.717, 1.165) is 11.3 Å². The first-order valence-corrected chi connectivity index (χ1v) is 9.16. The Morgan fingerprint density at radius 2 is 1.93 bits per heavy atom. The number of carbonyl (C=O) groups excluding carboxylic acids is 2. The van der Waals surface area contributed by atoms with Gasteiger partial charge in [0.15, 0.2) is 0 Å². The van der Waals surface area contributed by atoms with Crippen LogP contribution in [0, 0.1) is 0 Å². The average molecular weight is 381 g/mol. The minimum atomic E-state index is -0.725. The van der Waals surface area contributed by atoms with Crippen LogP contribution < -0.4 is 19.7 Å². The lowest BCUT2D eigenvalue weighted by molar-refractivity contribution is -0.122. The number of nitrogens with zero attached hydrogens (tertiary/aromatic N) is 2. The van der Waals surface area contributed by atoms with Gasteiger partial charge in [-0.15, -0.1) is 0 Å². The van der Waals surface area contributed by atoms with Gasteiger partial charge in [-0.05, 0) is 42.3 Å². The number of urea groups is 1. The summed E-state index contributed by atoms with van der Waals surface area (Å²) in [6.07, 6.45) is 0.579. The van der Waals surface area contributed by atoms with Crippen molar-refractivity contribution in [2.24, 2.45) is 0 Å². The largest absolute Gasteiger partial charge is 0.497 e. The number of hydrogen-bond acceptors (Lipinski definition) is 4. The number of nitrogens with one attached hydrogen (secondary N) is 1. The van der Waals surface area contributed by atoms with Gasteiger partial charge < -0.3 is 24.6 Å². The highest BCUT2D eigenvalue weighted by atomic mass is 16.5. The maximum atomic E-state index is 13.1. The quantitative estimate of drug-likeness (QED) is 0.888. The molecular weight excluding hydrogens is 358 g/mol. The molecule has 1 saturated heterocycles. The van der Waals surface area contributed by atoms with Crippen LogP contribution in [0.3, 0.4) is 0 Å². The highest BCUT2D eigenvalue weighted by Gasteiger charge is 2.54. The maximum Gasteiger partial charge on any atom is 0.321 e. The van der Waals surface area contributed by atoms with Gasteiger partial charge in [-0.3, -0.25) is 4.79 Å². The molecule has 2 aromatic carbocycles. The summed E-state index contributed by atoms with van der Waals surface area (Å²) in [6.45, 7) is 0.828. The van der Waals surface area contributed by atoms with Gasteiger partial charge in [0.1, 0.15) is 11.5 Å². The van der Waals surface area contributed by atoms with Crippen LogP contribution in [0.25, 0.3) is 0 Å². The van der Waals surface area contributed by atoms with E-state index in [1.54, 1.807) is 43.2 Å². The number of rotatable bonds is 3. The summed E-state index contributed by atoms with van der Waals surface area (Å²) in [5.41, 5.74) is 1.68. The molecule has 7 heteroatoms. The molecule has 2 aromatic rings. The first-order chi connectivity index (χ1) is 13.5. The van der Waals surface area contributed by atoms with Crippen molar-refractivity contribution in [2.75, 3.05) is 44.6 Å². The molecule has 2 aliphatic rings.